The molecule has 1 N–H and O–H groups in total. The van der Waals surface area contributed by atoms with Crippen LogP contribution in [0.4, 0.5) is 5.13 Å². The van der Waals surface area contributed by atoms with Gasteiger partial charge in [-0.2, -0.15) is 0 Å². The zero-order valence-electron chi connectivity index (χ0n) is 19.6. The lowest BCUT2D eigenvalue weighted by Gasteiger charge is -2.30. The molecule has 1 fully saturated rings. The number of carbonyl (C=O) groups is 1. The lowest BCUT2D eigenvalue weighted by Crippen LogP contribution is -2.32. The summed E-state index contributed by atoms with van der Waals surface area (Å²) < 4.78 is 1.13. The average molecular weight is 470 g/mol. The van der Waals surface area contributed by atoms with E-state index in [4.69, 9.17) is 0 Å². The van der Waals surface area contributed by atoms with Crippen molar-refractivity contribution < 1.29 is 4.79 Å². The van der Waals surface area contributed by atoms with Gasteiger partial charge in [-0.25, -0.2) is 4.98 Å². The third-order valence-corrected chi connectivity index (χ3v) is 7.71. The Hall–Kier alpha value is -3.02. The molecule has 0 aliphatic carbocycles. The quantitative estimate of drug-likeness (QED) is 0.328. The number of hydrogen-bond donors (Lipinski definition) is 1. The summed E-state index contributed by atoms with van der Waals surface area (Å²) >= 11 is 1.56. The van der Waals surface area contributed by atoms with E-state index in [1.807, 2.05) is 36.4 Å². The second-order valence-electron chi connectivity index (χ2n) is 9.41. The summed E-state index contributed by atoms with van der Waals surface area (Å²) in [6.07, 6.45) is 2.94. The third kappa shape index (κ3) is 5.54. The molecule has 0 spiro atoms. The minimum absolute atomic E-state index is 0.00985. The van der Waals surface area contributed by atoms with E-state index in [0.717, 1.165) is 33.8 Å². The lowest BCUT2D eigenvalue weighted by molar-refractivity contribution is -0.116. The summed E-state index contributed by atoms with van der Waals surface area (Å²) in [5.41, 5.74) is 4.55. The maximum Gasteiger partial charge on any atom is 0.227 e. The van der Waals surface area contributed by atoms with E-state index in [-0.39, 0.29) is 11.8 Å². The summed E-state index contributed by atoms with van der Waals surface area (Å²) in [6.45, 7) is 5.68. The number of aromatic nitrogens is 1. The molecule has 1 aromatic heterocycles. The van der Waals surface area contributed by atoms with Crippen molar-refractivity contribution in [3.8, 4) is 0 Å². The molecule has 1 aliphatic heterocycles. The SMILES string of the molecule is CC1CCN(Cc2ccc3nc(NC(=O)CC(c4ccccc4)c4ccccc4)sc3c2)CC1. The Bertz CT molecular complexity index is 1190. The molecule has 0 saturated carbocycles. The highest BCUT2D eigenvalue weighted by atomic mass is 32.1. The highest BCUT2D eigenvalue weighted by Crippen LogP contribution is 2.31. The number of amides is 1. The first kappa shape index (κ1) is 22.8. The monoisotopic (exact) mass is 469 g/mol. The minimum Gasteiger partial charge on any atom is -0.302 e. The fourth-order valence-electron chi connectivity index (χ4n) is 4.75. The summed E-state index contributed by atoms with van der Waals surface area (Å²) in [5, 5.41) is 3.74. The number of nitrogens with zero attached hydrogens (tertiary/aromatic N) is 2. The number of hydrogen-bond acceptors (Lipinski definition) is 4. The number of benzene rings is 3. The van der Waals surface area contributed by atoms with Gasteiger partial charge in [0.15, 0.2) is 5.13 Å². The van der Waals surface area contributed by atoms with Crippen molar-refractivity contribution in [2.24, 2.45) is 5.92 Å². The molecule has 1 saturated heterocycles. The van der Waals surface area contributed by atoms with Crippen molar-refractivity contribution in [1.82, 2.24) is 9.88 Å². The van der Waals surface area contributed by atoms with Gasteiger partial charge in [0.05, 0.1) is 10.2 Å². The van der Waals surface area contributed by atoms with Gasteiger partial charge in [0, 0.05) is 18.9 Å². The number of piperidine rings is 1. The van der Waals surface area contributed by atoms with Gasteiger partial charge in [-0.05, 0) is 60.7 Å². The van der Waals surface area contributed by atoms with Crippen molar-refractivity contribution in [3.05, 3.63) is 95.6 Å². The molecule has 5 rings (SSSR count). The maximum atomic E-state index is 13.1. The second-order valence-corrected chi connectivity index (χ2v) is 10.4. The molecular formula is C29H31N3OS. The first-order chi connectivity index (χ1) is 16.6. The molecule has 4 nitrogen and oxygen atoms in total. The Morgan fingerprint density at radius 2 is 1.65 bits per heavy atom. The molecule has 3 aromatic carbocycles. The van der Waals surface area contributed by atoms with Crippen molar-refractivity contribution in [3.63, 3.8) is 0 Å². The van der Waals surface area contributed by atoms with Gasteiger partial charge >= 0.3 is 0 Å². The molecule has 2 heterocycles. The first-order valence-corrected chi connectivity index (χ1v) is 13.0. The Morgan fingerprint density at radius 1 is 1.00 bits per heavy atom. The number of likely N-dealkylation sites (tertiary alicyclic amines) is 1. The molecule has 0 atom stereocenters. The molecule has 4 aromatic rings. The summed E-state index contributed by atoms with van der Waals surface area (Å²) in [6, 6.07) is 27.0. The Labute approximate surface area is 205 Å². The van der Waals surface area contributed by atoms with E-state index in [1.54, 1.807) is 11.3 Å². The molecule has 0 unspecified atom stereocenters. The van der Waals surface area contributed by atoms with Crippen LogP contribution in [-0.2, 0) is 11.3 Å². The molecule has 174 valence electrons. The van der Waals surface area contributed by atoms with Crippen LogP contribution in [0.1, 0.15) is 48.8 Å². The molecule has 0 bridgehead atoms. The van der Waals surface area contributed by atoms with Gasteiger partial charge in [0.1, 0.15) is 0 Å². The van der Waals surface area contributed by atoms with E-state index < -0.39 is 0 Å². The third-order valence-electron chi connectivity index (χ3n) is 6.78. The normalized spacial score (nSPS) is 15.1. The minimum atomic E-state index is -0.0144. The smallest absolute Gasteiger partial charge is 0.227 e. The van der Waals surface area contributed by atoms with Crippen LogP contribution >= 0.6 is 11.3 Å². The molecule has 1 aliphatic rings. The topological polar surface area (TPSA) is 45.2 Å². The van der Waals surface area contributed by atoms with Crippen molar-refractivity contribution >= 4 is 32.6 Å². The number of thiazole rings is 1. The van der Waals surface area contributed by atoms with Gasteiger partial charge in [0.25, 0.3) is 0 Å². The van der Waals surface area contributed by atoms with Crippen molar-refractivity contribution in [2.45, 2.75) is 38.6 Å². The Balaban J connectivity index is 1.28. The van der Waals surface area contributed by atoms with Crippen LogP contribution in [0.15, 0.2) is 78.9 Å². The van der Waals surface area contributed by atoms with Crippen LogP contribution < -0.4 is 5.32 Å². The van der Waals surface area contributed by atoms with Crippen LogP contribution in [0.3, 0.4) is 0 Å². The van der Waals surface area contributed by atoms with Gasteiger partial charge in [-0.15, -0.1) is 0 Å². The van der Waals surface area contributed by atoms with Crippen molar-refractivity contribution in [1.29, 1.82) is 0 Å². The number of anilines is 1. The fourth-order valence-corrected chi connectivity index (χ4v) is 5.70. The standard InChI is InChI=1S/C29H31N3OS/c1-21-14-16-32(17-15-21)20-22-12-13-26-27(18-22)34-29(30-26)31-28(33)19-25(23-8-4-2-5-9-23)24-10-6-3-7-11-24/h2-13,18,21,25H,14-17,19-20H2,1H3,(H,30,31,33). The molecular weight excluding hydrogens is 438 g/mol. The number of carbonyl (C=O) groups excluding carboxylic acids is 1. The Kier molecular flexibility index (Phi) is 7.02. The predicted molar refractivity (Wildman–Crippen MR) is 141 cm³/mol. The zero-order valence-corrected chi connectivity index (χ0v) is 20.4. The van der Waals surface area contributed by atoms with Crippen LogP contribution in [-0.4, -0.2) is 28.9 Å². The zero-order chi connectivity index (χ0) is 23.3. The number of rotatable bonds is 7. The average Bonchev–Trinajstić information content (AvgIpc) is 3.26. The van der Waals surface area contributed by atoms with Crippen LogP contribution in [0.2, 0.25) is 0 Å². The predicted octanol–water partition coefficient (Wildman–Crippen LogP) is 6.69. The van der Waals surface area contributed by atoms with Crippen molar-refractivity contribution in [2.75, 3.05) is 18.4 Å². The maximum absolute atomic E-state index is 13.1. The van der Waals surface area contributed by atoms with Gasteiger partial charge < -0.3 is 5.32 Å². The van der Waals surface area contributed by atoms with E-state index >= 15 is 0 Å². The largest absolute Gasteiger partial charge is 0.302 e. The lowest BCUT2D eigenvalue weighted by atomic mass is 9.88. The van der Waals surface area contributed by atoms with Crippen LogP contribution in [0.5, 0.6) is 0 Å². The number of nitrogens with one attached hydrogen (secondary N) is 1. The summed E-state index contributed by atoms with van der Waals surface area (Å²) in [7, 11) is 0. The highest BCUT2D eigenvalue weighted by Gasteiger charge is 2.20. The Morgan fingerprint density at radius 3 is 2.29 bits per heavy atom. The molecule has 1 amide bonds. The second kappa shape index (κ2) is 10.5. The highest BCUT2D eigenvalue weighted by molar-refractivity contribution is 7.22. The van der Waals surface area contributed by atoms with E-state index in [1.165, 1.54) is 31.5 Å². The van der Waals surface area contributed by atoms with E-state index in [9.17, 15) is 4.79 Å². The molecule has 5 heteroatoms. The summed E-state index contributed by atoms with van der Waals surface area (Å²) in [5.74, 6) is 0.838. The van der Waals surface area contributed by atoms with Crippen LogP contribution in [0.25, 0.3) is 10.2 Å². The van der Waals surface area contributed by atoms with E-state index in [2.05, 4.69) is 64.6 Å². The van der Waals surface area contributed by atoms with Gasteiger partial charge in [-0.1, -0.05) is 85.0 Å². The number of fused-ring (bicyclic) bond motifs is 1. The van der Waals surface area contributed by atoms with Gasteiger partial charge in [-0.3, -0.25) is 9.69 Å². The summed E-state index contributed by atoms with van der Waals surface area (Å²) in [4.78, 5) is 20.3. The first-order valence-electron chi connectivity index (χ1n) is 12.2. The van der Waals surface area contributed by atoms with E-state index in [0.29, 0.717) is 11.6 Å². The van der Waals surface area contributed by atoms with Crippen LogP contribution in [0, 0.1) is 5.92 Å². The molecule has 0 radical (unpaired) electrons. The van der Waals surface area contributed by atoms with Gasteiger partial charge in [0.2, 0.25) is 5.91 Å². The molecule has 34 heavy (non-hydrogen) atoms. The fraction of sp³-hybridized carbons (Fsp3) is 0.310.